The molecule has 0 spiro atoms. The van der Waals surface area contributed by atoms with Crippen LogP contribution < -0.4 is 5.56 Å². The Bertz CT molecular complexity index is 637. The summed E-state index contributed by atoms with van der Waals surface area (Å²) in [5.74, 6) is 0. The van der Waals surface area contributed by atoms with Crippen LogP contribution in [0.5, 0.6) is 0 Å². The molecule has 0 aliphatic carbocycles. The molecule has 2 aromatic heterocycles. The molecule has 0 saturated heterocycles. The van der Waals surface area contributed by atoms with Gasteiger partial charge in [0.2, 0.25) is 0 Å². The summed E-state index contributed by atoms with van der Waals surface area (Å²) in [6, 6.07) is 8.96. The van der Waals surface area contributed by atoms with E-state index >= 15 is 0 Å². The van der Waals surface area contributed by atoms with E-state index in [1.165, 1.54) is 10.6 Å². The molecular weight excluding hydrogens is 237 g/mol. The first-order valence-electron chi connectivity index (χ1n) is 3.93. The summed E-state index contributed by atoms with van der Waals surface area (Å²) in [5, 5.41) is 8.65. The van der Waals surface area contributed by atoms with Gasteiger partial charge < -0.3 is 0 Å². The van der Waals surface area contributed by atoms with Crippen LogP contribution in [-0.4, -0.2) is 14.8 Å². The molecule has 1 aromatic carbocycles. The maximum atomic E-state index is 11.3. The van der Waals surface area contributed by atoms with Crippen LogP contribution >= 0.6 is 24.8 Å². The Labute approximate surface area is 97.1 Å². The lowest BCUT2D eigenvalue weighted by molar-refractivity contribution is 0.836. The molecule has 2 heterocycles. The molecule has 0 unspecified atom stereocenters. The van der Waals surface area contributed by atoms with Crippen LogP contribution in [0.4, 0.5) is 0 Å². The molecule has 0 radical (unpaired) electrons. The first kappa shape index (κ1) is 11.7. The monoisotopic (exact) mass is 243 g/mol. The van der Waals surface area contributed by atoms with E-state index < -0.39 is 0 Å². The molecule has 0 bridgehead atoms. The van der Waals surface area contributed by atoms with Gasteiger partial charge in [-0.1, -0.05) is 17.3 Å². The molecule has 0 saturated carbocycles. The Hall–Kier alpha value is -1.39. The van der Waals surface area contributed by atoms with Gasteiger partial charge in [0.15, 0.2) is 0 Å². The lowest BCUT2D eigenvalue weighted by Gasteiger charge is -1.93. The number of halogens is 2. The summed E-state index contributed by atoms with van der Waals surface area (Å²) in [6.07, 6.45) is 0. The van der Waals surface area contributed by atoms with Crippen molar-refractivity contribution in [1.29, 1.82) is 0 Å². The van der Waals surface area contributed by atoms with Crippen molar-refractivity contribution in [2.24, 2.45) is 0 Å². The second kappa shape index (κ2) is 4.00. The minimum atomic E-state index is -0.138. The van der Waals surface area contributed by atoms with Gasteiger partial charge in [-0.25, -0.2) is 0 Å². The van der Waals surface area contributed by atoms with Crippen LogP contribution in [0.3, 0.4) is 0 Å². The van der Waals surface area contributed by atoms with Gasteiger partial charge in [0, 0.05) is 11.5 Å². The van der Waals surface area contributed by atoms with Gasteiger partial charge in [-0.05, 0) is 12.1 Å². The zero-order chi connectivity index (χ0) is 8.84. The number of rotatable bonds is 0. The highest BCUT2D eigenvalue weighted by Gasteiger charge is 2.05. The van der Waals surface area contributed by atoms with E-state index in [0.717, 1.165) is 16.4 Å². The quantitative estimate of drug-likeness (QED) is 0.602. The highest BCUT2D eigenvalue weighted by atomic mass is 35.5. The molecule has 3 rings (SSSR count). The van der Waals surface area contributed by atoms with Crippen LogP contribution in [0.2, 0.25) is 0 Å². The number of benzene rings is 1. The van der Waals surface area contributed by atoms with Crippen molar-refractivity contribution in [2.45, 2.75) is 0 Å². The lowest BCUT2D eigenvalue weighted by Crippen LogP contribution is -2.11. The van der Waals surface area contributed by atoms with Crippen molar-refractivity contribution < 1.29 is 0 Å². The van der Waals surface area contributed by atoms with Gasteiger partial charge in [0.1, 0.15) is 11.0 Å². The summed E-state index contributed by atoms with van der Waals surface area (Å²) < 4.78 is 1.32. The fourth-order valence-corrected chi connectivity index (χ4v) is 1.52. The molecule has 3 aromatic rings. The third kappa shape index (κ3) is 1.52. The van der Waals surface area contributed by atoms with E-state index in [2.05, 4.69) is 10.3 Å². The highest BCUT2D eigenvalue weighted by Crippen LogP contribution is 2.15. The molecule has 15 heavy (non-hydrogen) atoms. The van der Waals surface area contributed by atoms with Crippen molar-refractivity contribution in [2.75, 3.05) is 0 Å². The smallest absolute Gasteiger partial charge is 0.267 e. The molecule has 0 aliphatic heterocycles. The van der Waals surface area contributed by atoms with Crippen molar-refractivity contribution in [3.63, 3.8) is 0 Å². The summed E-state index contributed by atoms with van der Waals surface area (Å²) in [6.45, 7) is 0. The van der Waals surface area contributed by atoms with Crippen LogP contribution in [0, 0.1) is 0 Å². The average molecular weight is 244 g/mol. The van der Waals surface area contributed by atoms with E-state index in [-0.39, 0.29) is 30.4 Å². The average Bonchev–Trinajstić information content (AvgIpc) is 2.57. The lowest BCUT2D eigenvalue weighted by atomic mass is 10.2. The molecule has 78 valence electrons. The zero-order valence-corrected chi connectivity index (χ0v) is 9.09. The number of para-hydroxylation sites is 1. The van der Waals surface area contributed by atoms with E-state index in [9.17, 15) is 4.79 Å². The Morgan fingerprint density at radius 1 is 1.07 bits per heavy atom. The largest absolute Gasteiger partial charge is 0.272 e. The number of hydrogen-bond donors (Lipinski definition) is 0. The first-order valence-corrected chi connectivity index (χ1v) is 3.93. The summed E-state index contributed by atoms with van der Waals surface area (Å²) in [4.78, 5) is 11.3. The van der Waals surface area contributed by atoms with Gasteiger partial charge in [-0.3, -0.25) is 4.79 Å². The van der Waals surface area contributed by atoms with Gasteiger partial charge >= 0.3 is 0 Å². The van der Waals surface area contributed by atoms with Crippen molar-refractivity contribution in [3.8, 4) is 0 Å². The van der Waals surface area contributed by atoms with Crippen LogP contribution in [0.25, 0.3) is 16.4 Å². The summed E-state index contributed by atoms with van der Waals surface area (Å²) in [5.41, 5.74) is 1.42. The highest BCUT2D eigenvalue weighted by molar-refractivity contribution is 5.92. The van der Waals surface area contributed by atoms with Gasteiger partial charge in [0.05, 0.1) is 0 Å². The van der Waals surface area contributed by atoms with E-state index in [1.54, 1.807) is 6.07 Å². The van der Waals surface area contributed by atoms with Crippen molar-refractivity contribution in [3.05, 3.63) is 40.7 Å². The van der Waals surface area contributed by atoms with E-state index in [0.29, 0.717) is 0 Å². The number of nitrogens with zero attached hydrogens (tertiary/aromatic N) is 3. The molecule has 0 N–H and O–H groups in total. The van der Waals surface area contributed by atoms with E-state index in [1.807, 2.05) is 18.2 Å². The molecule has 6 heteroatoms. The topological polar surface area (TPSA) is 47.3 Å². The van der Waals surface area contributed by atoms with Gasteiger partial charge in [-0.15, -0.1) is 29.9 Å². The fourth-order valence-electron chi connectivity index (χ4n) is 1.52. The Balaban J connectivity index is 0.000000562. The van der Waals surface area contributed by atoms with Crippen molar-refractivity contribution >= 4 is 41.2 Å². The van der Waals surface area contributed by atoms with Crippen LogP contribution in [0.1, 0.15) is 0 Å². The maximum Gasteiger partial charge on any atom is 0.272 e. The summed E-state index contributed by atoms with van der Waals surface area (Å²) >= 11 is 0. The standard InChI is InChI=1S/C9H5N3O.2ClH/c13-8-5-4-6-2-1-3-7-9(6)12(8)11-10-7;;/h1-5H;2*1H. The minimum absolute atomic E-state index is 0. The SMILES string of the molecule is Cl.Cl.O=c1ccc2cccc3nnn1c23. The third-order valence-electron chi connectivity index (χ3n) is 2.11. The van der Waals surface area contributed by atoms with Crippen molar-refractivity contribution in [1.82, 2.24) is 14.8 Å². The Kier molecular flexibility index (Phi) is 3.12. The predicted molar refractivity (Wildman–Crippen MR) is 62.4 cm³/mol. The molecule has 0 atom stereocenters. The molecule has 0 fully saturated rings. The van der Waals surface area contributed by atoms with Gasteiger partial charge in [0.25, 0.3) is 5.56 Å². The number of aromatic nitrogens is 3. The molecule has 0 aliphatic rings. The van der Waals surface area contributed by atoms with E-state index in [4.69, 9.17) is 0 Å². The minimum Gasteiger partial charge on any atom is -0.267 e. The van der Waals surface area contributed by atoms with Crippen LogP contribution in [0.15, 0.2) is 35.1 Å². The second-order valence-corrected chi connectivity index (χ2v) is 2.89. The molecular formula is C9H7Cl2N3O. The number of pyridine rings is 1. The normalized spacial score (nSPS) is 9.87. The maximum absolute atomic E-state index is 11.3. The van der Waals surface area contributed by atoms with Crippen LogP contribution in [-0.2, 0) is 0 Å². The second-order valence-electron chi connectivity index (χ2n) is 2.89. The van der Waals surface area contributed by atoms with Gasteiger partial charge in [-0.2, -0.15) is 4.52 Å². The zero-order valence-electron chi connectivity index (χ0n) is 7.45. The predicted octanol–water partition coefficient (Wildman–Crippen LogP) is 1.52. The molecule has 0 amide bonds. The fraction of sp³-hybridized carbons (Fsp3) is 0. The third-order valence-corrected chi connectivity index (χ3v) is 2.11. The number of hydrogen-bond acceptors (Lipinski definition) is 3. The summed E-state index contributed by atoms with van der Waals surface area (Å²) in [7, 11) is 0. The first-order chi connectivity index (χ1) is 6.36. The molecule has 4 nitrogen and oxygen atoms in total. The Morgan fingerprint density at radius 3 is 2.67 bits per heavy atom. The Morgan fingerprint density at radius 2 is 1.87 bits per heavy atom.